The Morgan fingerprint density at radius 3 is 2.65 bits per heavy atom. The van der Waals surface area contributed by atoms with Crippen molar-refractivity contribution in [3.63, 3.8) is 0 Å². The molecule has 3 heteroatoms. The van der Waals surface area contributed by atoms with E-state index in [-0.39, 0.29) is 0 Å². The lowest BCUT2D eigenvalue weighted by Crippen LogP contribution is -1.99. The lowest BCUT2D eigenvalue weighted by molar-refractivity contribution is 0.0699. The first-order valence-electron chi connectivity index (χ1n) is 5.61. The monoisotopic (exact) mass is 246 g/mol. The summed E-state index contributed by atoms with van der Waals surface area (Å²) in [5.41, 5.74) is 1.49. The molecule has 1 fully saturated rings. The van der Waals surface area contributed by atoms with Crippen LogP contribution in [0.15, 0.2) is 30.3 Å². The molecule has 0 aliphatic heterocycles. The van der Waals surface area contributed by atoms with E-state index in [4.69, 9.17) is 11.6 Å². The average molecular weight is 247 g/mol. The highest BCUT2D eigenvalue weighted by Crippen LogP contribution is 2.41. The van der Waals surface area contributed by atoms with Gasteiger partial charge in [-0.3, -0.25) is 0 Å². The molecular formula is C14H11ClO2. The fourth-order valence-electron chi connectivity index (χ4n) is 2.18. The highest BCUT2D eigenvalue weighted by molar-refractivity contribution is 6.31. The van der Waals surface area contributed by atoms with Gasteiger partial charge in [0.15, 0.2) is 0 Å². The number of hydrogen-bond donors (Lipinski definition) is 1. The molecule has 0 unspecified atom stereocenters. The van der Waals surface area contributed by atoms with Crippen LogP contribution < -0.4 is 0 Å². The van der Waals surface area contributed by atoms with Gasteiger partial charge in [0.1, 0.15) is 0 Å². The lowest BCUT2D eigenvalue weighted by Gasteiger charge is -2.07. The molecule has 3 rings (SSSR count). The number of aromatic carboxylic acids is 1. The first kappa shape index (κ1) is 10.6. The Morgan fingerprint density at radius 1 is 1.24 bits per heavy atom. The fraction of sp³-hybridized carbons (Fsp3) is 0.214. The number of hydrogen-bond acceptors (Lipinski definition) is 1. The molecule has 1 saturated carbocycles. The van der Waals surface area contributed by atoms with Crippen LogP contribution >= 0.6 is 11.6 Å². The van der Waals surface area contributed by atoms with Crippen LogP contribution in [0.5, 0.6) is 0 Å². The van der Waals surface area contributed by atoms with E-state index in [1.165, 1.54) is 0 Å². The van der Waals surface area contributed by atoms with Crippen LogP contribution in [0.1, 0.15) is 34.7 Å². The summed E-state index contributed by atoms with van der Waals surface area (Å²) >= 11 is 5.92. The highest BCUT2D eigenvalue weighted by atomic mass is 35.5. The summed E-state index contributed by atoms with van der Waals surface area (Å²) in [5, 5.41) is 11.5. The van der Waals surface area contributed by atoms with Crippen LogP contribution in [0, 0.1) is 0 Å². The van der Waals surface area contributed by atoms with Gasteiger partial charge in [0, 0.05) is 5.02 Å². The maximum absolute atomic E-state index is 11.3. The molecule has 2 nitrogen and oxygen atoms in total. The van der Waals surface area contributed by atoms with E-state index in [0.717, 1.165) is 29.2 Å². The molecule has 1 N–H and O–H groups in total. The van der Waals surface area contributed by atoms with Crippen LogP contribution in [0.4, 0.5) is 0 Å². The van der Waals surface area contributed by atoms with E-state index in [0.29, 0.717) is 16.5 Å². The Bertz CT molecular complexity index is 615. The van der Waals surface area contributed by atoms with Crippen LogP contribution in [0.3, 0.4) is 0 Å². The molecule has 0 amide bonds. The van der Waals surface area contributed by atoms with E-state index in [1.807, 2.05) is 6.07 Å². The summed E-state index contributed by atoms with van der Waals surface area (Å²) in [4.78, 5) is 11.3. The quantitative estimate of drug-likeness (QED) is 0.867. The van der Waals surface area contributed by atoms with Crippen LogP contribution in [-0.2, 0) is 0 Å². The Balaban J connectivity index is 2.31. The largest absolute Gasteiger partial charge is 0.478 e. The smallest absolute Gasteiger partial charge is 0.336 e. The Morgan fingerprint density at radius 2 is 2.00 bits per heavy atom. The molecule has 86 valence electrons. The SMILES string of the molecule is O=C(O)c1cc(C2CC2)cc2ccc(Cl)cc12. The minimum atomic E-state index is -0.889. The maximum atomic E-state index is 11.3. The van der Waals surface area contributed by atoms with Crippen molar-refractivity contribution in [2.24, 2.45) is 0 Å². The molecule has 1 aliphatic carbocycles. The number of carbonyl (C=O) groups is 1. The van der Waals surface area contributed by atoms with Crippen LogP contribution in [-0.4, -0.2) is 11.1 Å². The van der Waals surface area contributed by atoms with Gasteiger partial charge in [0.25, 0.3) is 0 Å². The molecule has 0 radical (unpaired) electrons. The van der Waals surface area contributed by atoms with Crippen molar-refractivity contribution < 1.29 is 9.90 Å². The molecule has 0 heterocycles. The molecule has 2 aromatic rings. The van der Waals surface area contributed by atoms with Gasteiger partial charge in [0.2, 0.25) is 0 Å². The number of benzene rings is 2. The van der Waals surface area contributed by atoms with Crippen LogP contribution in [0.25, 0.3) is 10.8 Å². The van der Waals surface area contributed by atoms with Crippen molar-refractivity contribution >= 4 is 28.3 Å². The fourth-order valence-corrected chi connectivity index (χ4v) is 2.35. The molecule has 0 saturated heterocycles. The summed E-state index contributed by atoms with van der Waals surface area (Å²) < 4.78 is 0. The third kappa shape index (κ3) is 1.89. The summed E-state index contributed by atoms with van der Waals surface area (Å²) in [5.74, 6) is -0.340. The zero-order valence-electron chi connectivity index (χ0n) is 9.11. The predicted molar refractivity (Wildman–Crippen MR) is 67.9 cm³/mol. The normalized spacial score (nSPS) is 15.1. The van der Waals surface area contributed by atoms with Gasteiger partial charge in [-0.05, 0) is 53.3 Å². The van der Waals surface area contributed by atoms with Crippen molar-refractivity contribution in [3.8, 4) is 0 Å². The standard InChI is InChI=1S/C14H11ClO2/c15-11-4-3-9-5-10(8-1-2-8)6-13(14(16)17)12(9)7-11/h3-8H,1-2H2,(H,16,17). The van der Waals surface area contributed by atoms with Crippen molar-refractivity contribution in [2.45, 2.75) is 18.8 Å². The molecule has 2 aromatic carbocycles. The average Bonchev–Trinajstić information content (AvgIpc) is 3.11. The molecule has 0 bridgehead atoms. The number of carboxylic acids is 1. The summed E-state index contributed by atoms with van der Waals surface area (Å²) in [6.07, 6.45) is 2.33. The topological polar surface area (TPSA) is 37.3 Å². The van der Waals surface area contributed by atoms with Gasteiger partial charge in [-0.15, -0.1) is 0 Å². The van der Waals surface area contributed by atoms with E-state index < -0.39 is 5.97 Å². The van der Waals surface area contributed by atoms with Gasteiger partial charge in [0.05, 0.1) is 5.56 Å². The molecule has 17 heavy (non-hydrogen) atoms. The Hall–Kier alpha value is -1.54. The Labute approximate surface area is 104 Å². The third-order valence-corrected chi connectivity index (χ3v) is 3.45. The molecular weight excluding hydrogens is 236 g/mol. The van der Waals surface area contributed by atoms with Gasteiger partial charge in [-0.2, -0.15) is 0 Å². The summed E-state index contributed by atoms with van der Waals surface area (Å²) in [6, 6.07) is 9.27. The Kier molecular flexibility index (Phi) is 2.33. The molecule has 0 spiro atoms. The van der Waals surface area contributed by atoms with E-state index >= 15 is 0 Å². The summed E-state index contributed by atoms with van der Waals surface area (Å²) in [6.45, 7) is 0. The van der Waals surface area contributed by atoms with Crippen molar-refractivity contribution in [3.05, 3.63) is 46.5 Å². The van der Waals surface area contributed by atoms with E-state index in [2.05, 4.69) is 6.07 Å². The third-order valence-electron chi connectivity index (χ3n) is 3.22. The van der Waals surface area contributed by atoms with Gasteiger partial charge in [-0.1, -0.05) is 23.7 Å². The first-order chi connectivity index (χ1) is 8.15. The molecule has 1 aliphatic rings. The van der Waals surface area contributed by atoms with Crippen molar-refractivity contribution in [1.29, 1.82) is 0 Å². The second-order valence-electron chi connectivity index (χ2n) is 4.51. The molecule has 0 atom stereocenters. The van der Waals surface area contributed by atoms with Gasteiger partial charge < -0.3 is 5.11 Å². The first-order valence-corrected chi connectivity index (χ1v) is 5.99. The second-order valence-corrected chi connectivity index (χ2v) is 4.95. The minimum absolute atomic E-state index is 0.354. The van der Waals surface area contributed by atoms with Crippen molar-refractivity contribution in [2.75, 3.05) is 0 Å². The molecule has 0 aromatic heterocycles. The predicted octanol–water partition coefficient (Wildman–Crippen LogP) is 4.07. The lowest BCUT2D eigenvalue weighted by atomic mass is 9.99. The number of fused-ring (bicyclic) bond motifs is 1. The van der Waals surface area contributed by atoms with Crippen LogP contribution in [0.2, 0.25) is 5.02 Å². The zero-order valence-corrected chi connectivity index (χ0v) is 9.87. The highest BCUT2D eigenvalue weighted by Gasteiger charge is 2.25. The van der Waals surface area contributed by atoms with Gasteiger partial charge >= 0.3 is 5.97 Å². The summed E-state index contributed by atoms with van der Waals surface area (Å²) in [7, 11) is 0. The minimum Gasteiger partial charge on any atom is -0.478 e. The maximum Gasteiger partial charge on any atom is 0.336 e. The number of carboxylic acid groups (broad SMARTS) is 1. The number of halogens is 1. The number of rotatable bonds is 2. The van der Waals surface area contributed by atoms with Gasteiger partial charge in [-0.25, -0.2) is 4.79 Å². The van der Waals surface area contributed by atoms with E-state index in [9.17, 15) is 9.90 Å². The van der Waals surface area contributed by atoms with Crippen molar-refractivity contribution in [1.82, 2.24) is 0 Å². The van der Waals surface area contributed by atoms with E-state index in [1.54, 1.807) is 18.2 Å². The second kappa shape index (κ2) is 3.74. The zero-order chi connectivity index (χ0) is 12.0.